The molecule has 1 atom stereocenters. The van der Waals surface area contributed by atoms with Crippen LogP contribution in [-0.4, -0.2) is 58.9 Å². The Kier molecular flexibility index (Phi) is 7.46. The van der Waals surface area contributed by atoms with E-state index in [1.807, 2.05) is 83.9 Å². The highest BCUT2D eigenvalue weighted by Gasteiger charge is 2.29. The quantitative estimate of drug-likeness (QED) is 0.263. The first-order valence-corrected chi connectivity index (χ1v) is 13.8. The second-order valence-corrected chi connectivity index (χ2v) is 10.3. The molecular weight excluding hydrogens is 498 g/mol. The zero-order valence-corrected chi connectivity index (χ0v) is 22.3. The number of aromatic amines is 1. The lowest BCUT2D eigenvalue weighted by atomic mass is 10.0. The summed E-state index contributed by atoms with van der Waals surface area (Å²) in [4.78, 5) is 34.7. The van der Waals surface area contributed by atoms with Crippen LogP contribution in [0.25, 0.3) is 21.7 Å². The number of nitrogens with one attached hydrogen (secondary N) is 3. The normalized spacial score (nSPS) is 14.8. The van der Waals surface area contributed by atoms with Crippen LogP contribution in [0.2, 0.25) is 0 Å². The Labute approximate surface area is 233 Å². The maximum atomic E-state index is 13.9. The van der Waals surface area contributed by atoms with Gasteiger partial charge in [-0.3, -0.25) is 9.69 Å². The third-order valence-electron chi connectivity index (χ3n) is 7.67. The molecule has 0 saturated carbocycles. The third kappa shape index (κ3) is 5.70. The Balaban J connectivity index is 1.18. The highest BCUT2D eigenvalue weighted by molar-refractivity contribution is 6.02. The summed E-state index contributed by atoms with van der Waals surface area (Å²) in [6.07, 6.45) is 2.34. The smallest absolute Gasteiger partial charge is 0.319 e. The molecule has 6 rings (SSSR count). The van der Waals surface area contributed by atoms with Crippen molar-refractivity contribution >= 4 is 39.3 Å². The average Bonchev–Trinajstić information content (AvgIpc) is 3.40. The summed E-state index contributed by atoms with van der Waals surface area (Å²) < 4.78 is 0. The van der Waals surface area contributed by atoms with Gasteiger partial charge in [-0.2, -0.15) is 0 Å². The molecule has 7 nitrogen and oxygen atoms in total. The van der Waals surface area contributed by atoms with Gasteiger partial charge in [0.25, 0.3) is 0 Å². The molecule has 202 valence electrons. The number of piperazine rings is 1. The van der Waals surface area contributed by atoms with Gasteiger partial charge in [0, 0.05) is 61.6 Å². The molecule has 7 heteroatoms. The van der Waals surface area contributed by atoms with Gasteiger partial charge in [0.2, 0.25) is 5.91 Å². The van der Waals surface area contributed by atoms with Crippen LogP contribution < -0.4 is 10.6 Å². The molecule has 2 heterocycles. The Morgan fingerprint density at radius 1 is 0.775 bits per heavy atom. The molecule has 3 amide bonds. The average molecular weight is 532 g/mol. The Morgan fingerprint density at radius 3 is 2.30 bits per heavy atom. The monoisotopic (exact) mass is 531 g/mol. The maximum absolute atomic E-state index is 13.9. The zero-order chi connectivity index (χ0) is 27.3. The minimum absolute atomic E-state index is 0.0577. The molecule has 40 heavy (non-hydrogen) atoms. The van der Waals surface area contributed by atoms with Gasteiger partial charge in [0.15, 0.2) is 0 Å². The number of anilines is 1. The van der Waals surface area contributed by atoms with Crippen molar-refractivity contribution in [2.75, 3.05) is 31.5 Å². The van der Waals surface area contributed by atoms with Gasteiger partial charge in [0.05, 0.1) is 5.69 Å². The summed E-state index contributed by atoms with van der Waals surface area (Å²) in [6, 6.07) is 31.1. The van der Waals surface area contributed by atoms with Crippen LogP contribution in [0, 0.1) is 0 Å². The fraction of sp³-hybridized carbons (Fsp3) is 0.212. The number of rotatable bonds is 7. The number of amides is 3. The van der Waals surface area contributed by atoms with E-state index >= 15 is 0 Å². The van der Waals surface area contributed by atoms with E-state index in [1.54, 1.807) is 0 Å². The van der Waals surface area contributed by atoms with E-state index in [9.17, 15) is 9.59 Å². The zero-order valence-electron chi connectivity index (χ0n) is 22.3. The molecule has 0 spiro atoms. The molecule has 1 aliphatic heterocycles. The molecule has 0 bridgehead atoms. The lowest BCUT2D eigenvalue weighted by Crippen LogP contribution is -2.55. The van der Waals surface area contributed by atoms with Crippen LogP contribution in [-0.2, 0) is 17.8 Å². The van der Waals surface area contributed by atoms with Crippen molar-refractivity contribution in [2.24, 2.45) is 0 Å². The lowest BCUT2D eigenvalue weighted by molar-refractivity contribution is -0.135. The second-order valence-electron chi connectivity index (χ2n) is 10.3. The van der Waals surface area contributed by atoms with E-state index in [1.165, 1.54) is 5.56 Å². The molecule has 1 aliphatic rings. The summed E-state index contributed by atoms with van der Waals surface area (Å²) >= 11 is 0. The summed E-state index contributed by atoms with van der Waals surface area (Å²) in [5.74, 6) is -0.0577. The number of carbonyl (C=O) groups excluding carboxylic acids is 2. The molecule has 0 radical (unpaired) electrons. The fourth-order valence-corrected chi connectivity index (χ4v) is 5.56. The van der Waals surface area contributed by atoms with Gasteiger partial charge in [-0.05, 0) is 28.6 Å². The van der Waals surface area contributed by atoms with E-state index in [-0.39, 0.29) is 5.91 Å². The van der Waals surface area contributed by atoms with Crippen molar-refractivity contribution in [1.29, 1.82) is 0 Å². The molecule has 1 aromatic heterocycles. The van der Waals surface area contributed by atoms with Crippen molar-refractivity contribution in [1.82, 2.24) is 20.1 Å². The number of para-hydroxylation sites is 1. The Morgan fingerprint density at radius 2 is 1.48 bits per heavy atom. The van der Waals surface area contributed by atoms with Crippen molar-refractivity contribution in [3.63, 3.8) is 0 Å². The van der Waals surface area contributed by atoms with Crippen LogP contribution in [0.3, 0.4) is 0 Å². The van der Waals surface area contributed by atoms with E-state index in [0.29, 0.717) is 25.2 Å². The predicted molar refractivity (Wildman–Crippen MR) is 160 cm³/mol. The standard InChI is InChI=1S/C33H33N5O2/c39-32(38-19-17-37(18-20-38)23-24-9-2-1-3-10-24)31(21-26-22-34-29-15-7-6-14-28(26)29)36-33(40)35-30-16-8-12-25-11-4-5-13-27(25)30/h1-16,22,31,34H,17-21,23H2,(H2,35,36,40). The number of H-pyrrole nitrogens is 1. The number of urea groups is 1. The van der Waals surface area contributed by atoms with Crippen LogP contribution in [0.5, 0.6) is 0 Å². The van der Waals surface area contributed by atoms with E-state index in [2.05, 4.69) is 44.8 Å². The molecule has 0 aliphatic carbocycles. The molecule has 5 aromatic rings. The van der Waals surface area contributed by atoms with Crippen LogP contribution in [0.4, 0.5) is 10.5 Å². The first-order chi connectivity index (χ1) is 19.6. The lowest BCUT2D eigenvalue weighted by Gasteiger charge is -2.36. The molecule has 1 saturated heterocycles. The van der Waals surface area contributed by atoms with Crippen LogP contribution in [0.15, 0.2) is 103 Å². The summed E-state index contributed by atoms with van der Waals surface area (Å²) in [6.45, 7) is 3.71. The van der Waals surface area contributed by atoms with Gasteiger partial charge in [-0.1, -0.05) is 84.9 Å². The fourth-order valence-electron chi connectivity index (χ4n) is 5.56. The van der Waals surface area contributed by atoms with Crippen molar-refractivity contribution in [3.05, 3.63) is 114 Å². The number of aromatic nitrogens is 1. The van der Waals surface area contributed by atoms with Gasteiger partial charge in [0.1, 0.15) is 6.04 Å². The van der Waals surface area contributed by atoms with E-state index < -0.39 is 12.1 Å². The topological polar surface area (TPSA) is 80.5 Å². The van der Waals surface area contributed by atoms with Crippen molar-refractivity contribution in [2.45, 2.75) is 19.0 Å². The molecule has 1 fully saturated rings. The predicted octanol–water partition coefficient (Wildman–Crippen LogP) is 5.40. The highest BCUT2D eigenvalue weighted by Crippen LogP contribution is 2.24. The van der Waals surface area contributed by atoms with Crippen molar-refractivity contribution < 1.29 is 9.59 Å². The summed E-state index contributed by atoms with van der Waals surface area (Å²) in [7, 11) is 0. The number of hydrogen-bond acceptors (Lipinski definition) is 3. The van der Waals surface area contributed by atoms with Gasteiger partial charge in [-0.15, -0.1) is 0 Å². The first kappa shape index (κ1) is 25.6. The molecular formula is C33H33N5O2. The summed E-state index contributed by atoms with van der Waals surface area (Å²) in [5.41, 5.74) is 4.00. The highest BCUT2D eigenvalue weighted by atomic mass is 16.2. The molecule has 4 aromatic carbocycles. The SMILES string of the molecule is O=C(Nc1cccc2ccccc12)NC(Cc1c[nH]c2ccccc12)C(=O)N1CCN(Cc2ccccc2)CC1. The maximum Gasteiger partial charge on any atom is 0.319 e. The minimum atomic E-state index is -0.699. The molecule has 1 unspecified atom stereocenters. The molecule has 3 N–H and O–H groups in total. The Hall–Kier alpha value is -4.62. The second kappa shape index (κ2) is 11.6. The Bertz CT molecular complexity index is 1620. The summed E-state index contributed by atoms with van der Waals surface area (Å²) in [5, 5.41) is 9.05. The number of carbonyl (C=O) groups is 2. The third-order valence-corrected chi connectivity index (χ3v) is 7.67. The number of benzene rings is 4. The van der Waals surface area contributed by atoms with Crippen molar-refractivity contribution in [3.8, 4) is 0 Å². The number of nitrogens with zero attached hydrogens (tertiary/aromatic N) is 2. The van der Waals surface area contributed by atoms with Crippen LogP contribution in [0.1, 0.15) is 11.1 Å². The largest absolute Gasteiger partial charge is 0.361 e. The minimum Gasteiger partial charge on any atom is -0.361 e. The first-order valence-electron chi connectivity index (χ1n) is 13.8. The number of fused-ring (bicyclic) bond motifs is 2. The van der Waals surface area contributed by atoms with Gasteiger partial charge < -0.3 is 20.5 Å². The van der Waals surface area contributed by atoms with Crippen LogP contribution >= 0.6 is 0 Å². The van der Waals surface area contributed by atoms with E-state index in [4.69, 9.17) is 0 Å². The van der Waals surface area contributed by atoms with Gasteiger partial charge in [-0.25, -0.2) is 4.79 Å². The number of hydrogen-bond donors (Lipinski definition) is 3. The van der Waals surface area contributed by atoms with E-state index in [0.717, 1.165) is 46.9 Å². The van der Waals surface area contributed by atoms with Gasteiger partial charge >= 0.3 is 6.03 Å².